The predicted octanol–water partition coefficient (Wildman–Crippen LogP) is 1.33. The molecule has 1 aliphatic rings. The van der Waals surface area contributed by atoms with Gasteiger partial charge in [0.25, 0.3) is 5.91 Å². The fourth-order valence-corrected chi connectivity index (χ4v) is 2.95. The van der Waals surface area contributed by atoms with Crippen LogP contribution in [0.4, 0.5) is 14.5 Å². The number of hydrogen-bond donors (Lipinski definition) is 2. The Balaban J connectivity index is 1.85. The van der Waals surface area contributed by atoms with Crippen LogP contribution in [-0.4, -0.2) is 48.5 Å². The fourth-order valence-electron chi connectivity index (χ4n) is 1.97. The minimum Gasteiger partial charge on any atom is -0.394 e. The predicted molar refractivity (Wildman–Crippen MR) is 76.9 cm³/mol. The van der Waals surface area contributed by atoms with Crippen LogP contribution in [0.1, 0.15) is 10.4 Å². The average Bonchev–Trinajstić information content (AvgIpc) is 2.45. The monoisotopic (exact) mass is 301 g/mol. The van der Waals surface area contributed by atoms with E-state index in [1.54, 1.807) is 0 Å². The summed E-state index contributed by atoms with van der Waals surface area (Å²) >= 11 is 1.92. The molecule has 0 radical (unpaired) electrons. The highest BCUT2D eigenvalue weighted by atomic mass is 32.2. The molecular formula is C13H17F2N3OS. The molecule has 3 N–H and O–H groups in total. The average molecular weight is 301 g/mol. The molecule has 0 aliphatic carbocycles. The van der Waals surface area contributed by atoms with Crippen LogP contribution < -0.4 is 11.1 Å². The molecule has 0 unspecified atom stereocenters. The van der Waals surface area contributed by atoms with Gasteiger partial charge in [-0.25, -0.2) is 8.78 Å². The van der Waals surface area contributed by atoms with Crippen molar-refractivity contribution in [1.29, 1.82) is 0 Å². The van der Waals surface area contributed by atoms with Gasteiger partial charge < -0.3 is 11.1 Å². The molecule has 1 saturated heterocycles. The number of anilines is 1. The Labute approximate surface area is 120 Å². The molecule has 0 spiro atoms. The summed E-state index contributed by atoms with van der Waals surface area (Å²) in [6.07, 6.45) is 0. The first-order valence-electron chi connectivity index (χ1n) is 6.41. The fraction of sp³-hybridized carbons (Fsp3) is 0.462. The van der Waals surface area contributed by atoms with Crippen molar-refractivity contribution in [3.63, 3.8) is 0 Å². The molecule has 4 nitrogen and oxygen atoms in total. The van der Waals surface area contributed by atoms with Crippen molar-refractivity contribution in [2.75, 3.05) is 43.4 Å². The molecule has 1 aromatic carbocycles. The zero-order valence-electron chi connectivity index (χ0n) is 11.0. The van der Waals surface area contributed by atoms with Crippen molar-refractivity contribution in [2.45, 2.75) is 0 Å². The van der Waals surface area contributed by atoms with Gasteiger partial charge in [0, 0.05) is 43.2 Å². The van der Waals surface area contributed by atoms with Crippen LogP contribution in [0.5, 0.6) is 0 Å². The van der Waals surface area contributed by atoms with E-state index in [4.69, 9.17) is 5.73 Å². The van der Waals surface area contributed by atoms with Crippen LogP contribution in [0.3, 0.4) is 0 Å². The molecule has 110 valence electrons. The first-order valence-corrected chi connectivity index (χ1v) is 7.56. The van der Waals surface area contributed by atoms with Crippen LogP contribution in [0.25, 0.3) is 0 Å². The maximum atomic E-state index is 13.3. The van der Waals surface area contributed by atoms with E-state index in [0.717, 1.165) is 43.3 Å². The van der Waals surface area contributed by atoms with E-state index in [9.17, 15) is 13.6 Å². The van der Waals surface area contributed by atoms with Crippen LogP contribution in [0, 0.1) is 11.6 Å². The highest BCUT2D eigenvalue weighted by Crippen LogP contribution is 2.17. The second-order valence-electron chi connectivity index (χ2n) is 4.56. The molecule has 1 fully saturated rings. The number of amides is 1. The van der Waals surface area contributed by atoms with Crippen molar-refractivity contribution < 1.29 is 13.6 Å². The molecular weight excluding hydrogens is 284 g/mol. The summed E-state index contributed by atoms with van der Waals surface area (Å²) < 4.78 is 26.5. The van der Waals surface area contributed by atoms with Gasteiger partial charge in [-0.3, -0.25) is 9.69 Å². The smallest absolute Gasteiger partial charge is 0.251 e. The number of thioether (sulfide) groups is 1. The summed E-state index contributed by atoms with van der Waals surface area (Å²) in [7, 11) is 0. The Morgan fingerprint density at radius 1 is 1.30 bits per heavy atom. The molecule has 20 heavy (non-hydrogen) atoms. The zero-order chi connectivity index (χ0) is 14.5. The summed E-state index contributed by atoms with van der Waals surface area (Å²) in [4.78, 5) is 14.0. The lowest BCUT2D eigenvalue weighted by atomic mass is 10.1. The first-order chi connectivity index (χ1) is 9.58. The number of hydrogen-bond acceptors (Lipinski definition) is 4. The number of carbonyl (C=O) groups excluding carboxylic acids is 1. The number of nitrogens with two attached hydrogens (primary N) is 1. The second-order valence-corrected chi connectivity index (χ2v) is 5.79. The molecule has 1 aromatic rings. The Morgan fingerprint density at radius 3 is 2.50 bits per heavy atom. The molecule has 0 saturated carbocycles. The number of benzene rings is 1. The van der Waals surface area contributed by atoms with Crippen LogP contribution in [0.15, 0.2) is 12.1 Å². The minimum atomic E-state index is -0.914. The second kappa shape index (κ2) is 6.90. The van der Waals surface area contributed by atoms with Crippen molar-refractivity contribution in [2.24, 2.45) is 0 Å². The third-order valence-electron chi connectivity index (χ3n) is 3.16. The largest absolute Gasteiger partial charge is 0.394 e. The number of nitrogen functional groups attached to an aromatic ring is 1. The SMILES string of the molecule is Nc1c(F)cc(C(=O)NCCN2CCSCC2)cc1F. The highest BCUT2D eigenvalue weighted by Gasteiger charge is 2.14. The summed E-state index contributed by atoms with van der Waals surface area (Å²) in [5, 5.41) is 2.66. The van der Waals surface area contributed by atoms with Gasteiger partial charge in [-0.1, -0.05) is 0 Å². The zero-order valence-corrected chi connectivity index (χ0v) is 11.8. The summed E-state index contributed by atoms with van der Waals surface area (Å²) in [5.74, 6) is -0.120. The molecule has 0 atom stereocenters. The molecule has 1 heterocycles. The Morgan fingerprint density at radius 2 is 1.90 bits per heavy atom. The van der Waals surface area contributed by atoms with E-state index in [2.05, 4.69) is 10.2 Å². The van der Waals surface area contributed by atoms with Gasteiger partial charge in [0.2, 0.25) is 0 Å². The topological polar surface area (TPSA) is 58.4 Å². The normalized spacial score (nSPS) is 16.1. The van der Waals surface area contributed by atoms with E-state index in [1.165, 1.54) is 0 Å². The molecule has 2 rings (SSSR count). The number of halogens is 2. The Bertz CT molecular complexity index is 469. The number of nitrogens with one attached hydrogen (secondary N) is 1. The lowest BCUT2D eigenvalue weighted by Gasteiger charge is -2.26. The van der Waals surface area contributed by atoms with Crippen molar-refractivity contribution >= 4 is 23.4 Å². The third-order valence-corrected chi connectivity index (χ3v) is 4.10. The maximum Gasteiger partial charge on any atom is 0.251 e. The minimum absolute atomic E-state index is 0.0524. The van der Waals surface area contributed by atoms with Gasteiger partial charge in [0.15, 0.2) is 0 Å². The van der Waals surface area contributed by atoms with Crippen LogP contribution in [0.2, 0.25) is 0 Å². The summed E-state index contributed by atoms with van der Waals surface area (Å²) in [6, 6.07) is 1.90. The quantitative estimate of drug-likeness (QED) is 0.824. The van der Waals surface area contributed by atoms with Crippen LogP contribution in [-0.2, 0) is 0 Å². The lowest BCUT2D eigenvalue weighted by molar-refractivity contribution is 0.0948. The summed E-state index contributed by atoms with van der Waals surface area (Å²) in [5.41, 5.74) is 4.54. The molecule has 0 aromatic heterocycles. The van der Waals surface area contributed by atoms with Gasteiger partial charge in [-0.15, -0.1) is 0 Å². The molecule has 1 aliphatic heterocycles. The van der Waals surface area contributed by atoms with Gasteiger partial charge in [0.05, 0.1) is 0 Å². The maximum absolute atomic E-state index is 13.3. The van der Waals surface area contributed by atoms with E-state index in [1.807, 2.05) is 11.8 Å². The standard InChI is InChI=1S/C13H17F2N3OS/c14-10-7-9(8-11(15)12(10)16)13(19)17-1-2-18-3-5-20-6-4-18/h7-8H,1-6,16H2,(H,17,19). The lowest BCUT2D eigenvalue weighted by Crippen LogP contribution is -2.39. The van der Waals surface area contributed by atoms with E-state index < -0.39 is 23.2 Å². The van der Waals surface area contributed by atoms with Crippen molar-refractivity contribution in [1.82, 2.24) is 10.2 Å². The van der Waals surface area contributed by atoms with E-state index in [0.29, 0.717) is 6.54 Å². The summed E-state index contributed by atoms with van der Waals surface area (Å²) in [6.45, 7) is 3.21. The highest BCUT2D eigenvalue weighted by molar-refractivity contribution is 7.99. The van der Waals surface area contributed by atoms with E-state index >= 15 is 0 Å². The third kappa shape index (κ3) is 3.83. The number of carbonyl (C=O) groups is 1. The first kappa shape index (κ1) is 15.1. The van der Waals surface area contributed by atoms with Crippen LogP contribution >= 0.6 is 11.8 Å². The molecule has 7 heteroatoms. The Hall–Kier alpha value is -1.34. The molecule has 0 bridgehead atoms. The van der Waals surface area contributed by atoms with E-state index in [-0.39, 0.29) is 5.56 Å². The van der Waals surface area contributed by atoms with Crippen molar-refractivity contribution in [3.8, 4) is 0 Å². The van der Waals surface area contributed by atoms with Crippen molar-refractivity contribution in [3.05, 3.63) is 29.3 Å². The van der Waals surface area contributed by atoms with Gasteiger partial charge in [0.1, 0.15) is 17.3 Å². The number of rotatable bonds is 4. The number of nitrogens with zero attached hydrogens (tertiary/aromatic N) is 1. The van der Waals surface area contributed by atoms with Gasteiger partial charge >= 0.3 is 0 Å². The van der Waals surface area contributed by atoms with Gasteiger partial charge in [-0.2, -0.15) is 11.8 Å². The van der Waals surface area contributed by atoms with Gasteiger partial charge in [-0.05, 0) is 12.1 Å². The Kier molecular flexibility index (Phi) is 5.19. The molecule has 1 amide bonds.